The zero-order valence-corrected chi connectivity index (χ0v) is 19.9. The Labute approximate surface area is 205 Å². The number of benzene rings is 1. The van der Waals surface area contributed by atoms with Crippen molar-refractivity contribution in [3.63, 3.8) is 0 Å². The Kier molecular flexibility index (Phi) is 7.17. The second-order valence-electron chi connectivity index (χ2n) is 8.68. The Morgan fingerprint density at radius 3 is 2.50 bits per heavy atom. The van der Waals surface area contributed by atoms with Gasteiger partial charge in [0.2, 0.25) is 5.43 Å². The fourth-order valence-electron chi connectivity index (χ4n) is 4.28. The summed E-state index contributed by atoms with van der Waals surface area (Å²) in [6.07, 6.45) is 4.41. The van der Waals surface area contributed by atoms with Crippen LogP contribution in [-0.2, 0) is 0 Å². The highest BCUT2D eigenvalue weighted by molar-refractivity contribution is 5.97. The normalized spacial score (nSPS) is 17.1. The third-order valence-electron chi connectivity index (χ3n) is 6.27. The molecular weight excluding hydrogens is 471 g/mol. The SMILES string of the molecule is CC1COc2c(N3CCN(C)CC3)c(F)cc3c(=O)c(C(=O)O)cn1c23.NNC(=O)c1ccncc1. The van der Waals surface area contributed by atoms with E-state index < -0.39 is 17.2 Å². The van der Waals surface area contributed by atoms with Gasteiger partial charge in [-0.2, -0.15) is 0 Å². The van der Waals surface area contributed by atoms with Gasteiger partial charge in [0.15, 0.2) is 11.6 Å². The summed E-state index contributed by atoms with van der Waals surface area (Å²) in [7, 11) is 2.02. The Bertz CT molecular complexity index is 1350. The first-order valence-electron chi connectivity index (χ1n) is 11.3. The van der Waals surface area contributed by atoms with Crippen molar-refractivity contribution < 1.29 is 23.8 Å². The number of nitrogen functional groups attached to an aromatic ring is 1. The fraction of sp³-hybridized carbons (Fsp3) is 0.333. The van der Waals surface area contributed by atoms with Gasteiger partial charge in [-0.3, -0.25) is 20.0 Å². The first-order valence-corrected chi connectivity index (χ1v) is 11.3. The van der Waals surface area contributed by atoms with E-state index in [1.165, 1.54) is 18.6 Å². The van der Waals surface area contributed by atoms with Crippen LogP contribution in [0.3, 0.4) is 0 Å². The lowest BCUT2D eigenvalue weighted by atomic mass is 10.1. The van der Waals surface area contributed by atoms with E-state index >= 15 is 0 Å². The van der Waals surface area contributed by atoms with Crippen molar-refractivity contribution in [3.05, 3.63) is 64.0 Å². The third-order valence-corrected chi connectivity index (χ3v) is 6.27. The van der Waals surface area contributed by atoms with Crippen LogP contribution in [0.25, 0.3) is 10.9 Å². The predicted molar refractivity (Wildman–Crippen MR) is 131 cm³/mol. The number of halogens is 1. The highest BCUT2D eigenvalue weighted by atomic mass is 19.1. The fourth-order valence-corrected chi connectivity index (χ4v) is 4.28. The van der Waals surface area contributed by atoms with Crippen LogP contribution >= 0.6 is 0 Å². The maximum absolute atomic E-state index is 15.0. The molecule has 36 heavy (non-hydrogen) atoms. The second-order valence-corrected chi connectivity index (χ2v) is 8.68. The third kappa shape index (κ3) is 4.72. The van der Waals surface area contributed by atoms with Crippen molar-refractivity contribution >= 4 is 28.5 Å². The number of anilines is 1. The zero-order chi connectivity index (χ0) is 26.0. The molecule has 1 fully saturated rings. The summed E-state index contributed by atoms with van der Waals surface area (Å²) in [5.74, 6) is 3.04. The van der Waals surface area contributed by atoms with Crippen LogP contribution < -0.4 is 26.3 Å². The number of aromatic nitrogens is 2. The number of nitrogens with two attached hydrogens (primary N) is 1. The number of pyridine rings is 2. The molecule has 11 nitrogen and oxygen atoms in total. The number of likely N-dealkylation sites (N-methyl/N-ethyl adjacent to an activating group) is 1. The van der Waals surface area contributed by atoms with Gasteiger partial charge in [0, 0.05) is 50.3 Å². The van der Waals surface area contributed by atoms with Crippen LogP contribution in [0.4, 0.5) is 10.1 Å². The van der Waals surface area contributed by atoms with Gasteiger partial charge in [-0.05, 0) is 32.2 Å². The predicted octanol–water partition coefficient (Wildman–Crippen LogP) is 1.23. The molecule has 0 radical (unpaired) electrons. The Hall–Kier alpha value is -4.03. The molecule has 5 rings (SSSR count). The van der Waals surface area contributed by atoms with E-state index in [0.29, 0.717) is 35.6 Å². The maximum atomic E-state index is 15.0. The van der Waals surface area contributed by atoms with Crippen LogP contribution in [0, 0.1) is 5.82 Å². The summed E-state index contributed by atoms with van der Waals surface area (Å²) in [5.41, 5.74) is 2.30. The minimum atomic E-state index is -1.32. The van der Waals surface area contributed by atoms with Gasteiger partial charge in [0.05, 0.1) is 16.9 Å². The van der Waals surface area contributed by atoms with Gasteiger partial charge >= 0.3 is 5.97 Å². The highest BCUT2D eigenvalue weighted by Gasteiger charge is 2.30. The summed E-state index contributed by atoms with van der Waals surface area (Å²) in [4.78, 5) is 42.6. The van der Waals surface area contributed by atoms with Crippen LogP contribution in [-0.4, -0.2) is 71.3 Å². The number of nitrogens with one attached hydrogen (secondary N) is 1. The standard InChI is InChI=1S/C18H20FN3O4.C6H7N3O/c1-10-9-26-17-14-11(16(23)12(18(24)25)8-22(10)14)7-13(19)15(17)21-5-3-20(2)4-6-21;7-9-6(10)5-1-3-8-4-2-5/h7-8,10H,3-6,9H2,1-2H3,(H,24,25);1-4H,7H2,(H,9,10). The monoisotopic (exact) mass is 498 g/mol. The number of amides is 1. The van der Waals surface area contributed by atoms with Crippen molar-refractivity contribution in [2.45, 2.75) is 13.0 Å². The highest BCUT2D eigenvalue weighted by Crippen LogP contribution is 2.42. The molecule has 190 valence electrons. The van der Waals surface area contributed by atoms with Gasteiger partial charge in [-0.15, -0.1) is 0 Å². The quantitative estimate of drug-likeness (QED) is 0.276. The van der Waals surface area contributed by atoms with Crippen LogP contribution in [0.5, 0.6) is 5.75 Å². The van der Waals surface area contributed by atoms with Gasteiger partial charge in [-0.25, -0.2) is 15.0 Å². The number of rotatable bonds is 3. The van der Waals surface area contributed by atoms with Gasteiger partial charge in [-0.1, -0.05) is 0 Å². The Morgan fingerprint density at radius 2 is 1.89 bits per heavy atom. The second kappa shape index (κ2) is 10.3. The molecule has 0 bridgehead atoms. The number of carbonyl (C=O) groups excluding carboxylic acids is 1. The lowest BCUT2D eigenvalue weighted by Crippen LogP contribution is -2.45. The van der Waals surface area contributed by atoms with Crippen LogP contribution in [0.15, 0.2) is 41.6 Å². The maximum Gasteiger partial charge on any atom is 0.341 e. The summed E-state index contributed by atoms with van der Waals surface area (Å²) in [6.45, 7) is 5.08. The molecule has 2 aliphatic rings. The zero-order valence-electron chi connectivity index (χ0n) is 19.9. The Balaban J connectivity index is 0.000000256. The molecule has 1 saturated heterocycles. The van der Waals surface area contributed by atoms with E-state index in [2.05, 4.69) is 9.88 Å². The number of carboxylic acid groups (broad SMARTS) is 1. The first kappa shape index (κ1) is 25.1. The van der Waals surface area contributed by atoms with E-state index in [1.54, 1.807) is 16.7 Å². The van der Waals surface area contributed by atoms with Crippen molar-refractivity contribution in [2.24, 2.45) is 5.84 Å². The molecule has 1 aromatic carbocycles. The number of hydrogen-bond donors (Lipinski definition) is 3. The number of hydrazine groups is 1. The molecule has 4 N–H and O–H groups in total. The van der Waals surface area contributed by atoms with Crippen molar-refractivity contribution in [3.8, 4) is 5.75 Å². The van der Waals surface area contributed by atoms with E-state index in [1.807, 2.05) is 24.3 Å². The molecule has 4 heterocycles. The number of ether oxygens (including phenoxy) is 1. The number of carboxylic acids is 1. The van der Waals surface area contributed by atoms with E-state index in [-0.39, 0.29) is 29.5 Å². The average molecular weight is 499 g/mol. The largest absolute Gasteiger partial charge is 0.487 e. The number of aromatic carboxylic acids is 1. The molecule has 3 aromatic rings. The summed E-state index contributed by atoms with van der Waals surface area (Å²) in [6, 6.07) is 4.17. The molecule has 1 atom stereocenters. The topological polar surface area (TPSA) is 143 Å². The molecule has 0 spiro atoms. The minimum absolute atomic E-state index is 0.0434. The molecular formula is C24H27FN6O5. The van der Waals surface area contributed by atoms with E-state index in [9.17, 15) is 23.9 Å². The average Bonchev–Trinajstić information content (AvgIpc) is 2.88. The van der Waals surface area contributed by atoms with Crippen molar-refractivity contribution in [2.75, 3.05) is 44.7 Å². The molecule has 2 aliphatic heterocycles. The first-order chi connectivity index (χ1) is 17.2. The van der Waals surface area contributed by atoms with Gasteiger partial charge in [0.25, 0.3) is 5.91 Å². The molecule has 2 aromatic heterocycles. The van der Waals surface area contributed by atoms with Crippen LogP contribution in [0.1, 0.15) is 33.7 Å². The lowest BCUT2D eigenvalue weighted by Gasteiger charge is -2.37. The molecule has 1 unspecified atom stereocenters. The smallest absolute Gasteiger partial charge is 0.341 e. The number of hydrogen-bond acceptors (Lipinski definition) is 8. The number of nitrogens with zero attached hydrogens (tertiary/aromatic N) is 4. The van der Waals surface area contributed by atoms with Gasteiger partial charge in [0.1, 0.15) is 17.9 Å². The molecule has 0 aliphatic carbocycles. The minimum Gasteiger partial charge on any atom is -0.487 e. The number of piperazine rings is 1. The van der Waals surface area contributed by atoms with Crippen LogP contribution in [0.2, 0.25) is 0 Å². The summed E-state index contributed by atoms with van der Waals surface area (Å²) in [5, 5.41) is 9.36. The van der Waals surface area contributed by atoms with Crippen molar-refractivity contribution in [1.82, 2.24) is 19.9 Å². The molecule has 1 amide bonds. The molecule has 0 saturated carbocycles. The number of carbonyl (C=O) groups is 2. The summed E-state index contributed by atoms with van der Waals surface area (Å²) < 4.78 is 22.6. The van der Waals surface area contributed by atoms with Crippen molar-refractivity contribution in [1.29, 1.82) is 0 Å². The van der Waals surface area contributed by atoms with E-state index in [4.69, 9.17) is 10.6 Å². The van der Waals surface area contributed by atoms with Gasteiger partial charge < -0.3 is 24.2 Å². The molecule has 12 heteroatoms. The summed E-state index contributed by atoms with van der Waals surface area (Å²) >= 11 is 0. The lowest BCUT2D eigenvalue weighted by molar-refractivity contribution is 0.0694. The Morgan fingerprint density at radius 1 is 1.22 bits per heavy atom. The van der Waals surface area contributed by atoms with E-state index in [0.717, 1.165) is 19.2 Å².